The van der Waals surface area contributed by atoms with Crippen LogP contribution >= 0.6 is 11.6 Å². The third-order valence-corrected chi connectivity index (χ3v) is 2.77. The molecule has 0 spiro atoms. The van der Waals surface area contributed by atoms with E-state index in [4.69, 9.17) is 16.3 Å². The molecule has 0 radical (unpaired) electrons. The lowest BCUT2D eigenvalue weighted by molar-refractivity contribution is 0.414. The molecule has 0 saturated carbocycles. The number of halogens is 1. The summed E-state index contributed by atoms with van der Waals surface area (Å²) in [4.78, 5) is 7.00. The topological polar surface area (TPSA) is 61.7 Å². The van der Waals surface area contributed by atoms with Gasteiger partial charge in [-0.3, -0.25) is 0 Å². The van der Waals surface area contributed by atoms with E-state index in [2.05, 4.69) is 16.0 Å². The molecule has 2 aromatic rings. The van der Waals surface area contributed by atoms with E-state index in [1.165, 1.54) is 0 Å². The van der Waals surface area contributed by atoms with Gasteiger partial charge in [0, 0.05) is 17.4 Å². The van der Waals surface area contributed by atoms with Crippen LogP contribution in [0.5, 0.6) is 5.75 Å². The summed E-state index contributed by atoms with van der Waals surface area (Å²) >= 11 is 6.13. The van der Waals surface area contributed by atoms with Gasteiger partial charge in [-0.15, -0.1) is 0 Å². The van der Waals surface area contributed by atoms with Gasteiger partial charge in [-0.25, -0.2) is 4.98 Å². The number of ether oxygens (including phenoxy) is 1. The Balaban J connectivity index is 2.42. The Morgan fingerprint density at radius 3 is 2.88 bits per heavy atom. The second-order valence-electron chi connectivity index (χ2n) is 3.42. The van der Waals surface area contributed by atoms with Gasteiger partial charge in [-0.1, -0.05) is 17.7 Å². The number of imidazole rings is 1. The quantitative estimate of drug-likeness (QED) is 0.907. The van der Waals surface area contributed by atoms with Gasteiger partial charge in [-0.05, 0) is 17.7 Å². The highest BCUT2D eigenvalue weighted by molar-refractivity contribution is 6.31. The molecule has 0 bridgehead atoms. The molecule has 1 N–H and O–H groups in total. The molecule has 0 amide bonds. The zero-order chi connectivity index (χ0) is 12.3. The van der Waals surface area contributed by atoms with Crippen molar-refractivity contribution in [2.45, 2.75) is 5.92 Å². The Bertz CT molecular complexity index is 545. The van der Waals surface area contributed by atoms with E-state index in [0.717, 1.165) is 0 Å². The Hall–Kier alpha value is -1.99. The molecular weight excluding hydrogens is 238 g/mol. The summed E-state index contributed by atoms with van der Waals surface area (Å²) in [6.45, 7) is 0. The monoisotopic (exact) mass is 247 g/mol. The number of aromatic nitrogens is 2. The summed E-state index contributed by atoms with van der Waals surface area (Å²) in [6.07, 6.45) is 3.29. The van der Waals surface area contributed by atoms with Crippen LogP contribution in [0.2, 0.25) is 5.02 Å². The highest BCUT2D eigenvalue weighted by Gasteiger charge is 2.18. The first kappa shape index (κ1) is 11.5. The second kappa shape index (κ2) is 4.89. The molecule has 1 atom stereocenters. The number of aromatic amines is 1. The molecule has 1 aromatic carbocycles. The molecule has 1 aromatic heterocycles. The van der Waals surface area contributed by atoms with Crippen molar-refractivity contribution in [3.05, 3.63) is 47.0 Å². The van der Waals surface area contributed by atoms with Crippen molar-refractivity contribution in [3.63, 3.8) is 0 Å². The van der Waals surface area contributed by atoms with E-state index in [-0.39, 0.29) is 0 Å². The summed E-state index contributed by atoms with van der Waals surface area (Å²) in [5.41, 5.74) is 0.713. The molecule has 5 heteroatoms. The molecule has 0 aliphatic heterocycles. The van der Waals surface area contributed by atoms with Crippen molar-refractivity contribution in [1.82, 2.24) is 9.97 Å². The van der Waals surface area contributed by atoms with E-state index in [1.54, 1.807) is 37.7 Å². The maximum atomic E-state index is 9.20. The zero-order valence-corrected chi connectivity index (χ0v) is 9.90. The van der Waals surface area contributed by atoms with Gasteiger partial charge in [0.05, 0.1) is 13.2 Å². The van der Waals surface area contributed by atoms with Crippen LogP contribution in [-0.4, -0.2) is 17.1 Å². The summed E-state index contributed by atoms with van der Waals surface area (Å²) < 4.78 is 5.06. The normalized spacial score (nSPS) is 11.8. The van der Waals surface area contributed by atoms with Crippen molar-refractivity contribution in [2.24, 2.45) is 0 Å². The predicted molar refractivity (Wildman–Crippen MR) is 64.0 cm³/mol. The standard InChI is InChI=1S/C12H10ClN3O/c1-17-8-2-3-9(11(13)6-8)10(7-14)12-15-4-5-16-12/h2-6,10H,1H3,(H,15,16). The molecule has 1 unspecified atom stereocenters. The summed E-state index contributed by atoms with van der Waals surface area (Å²) in [5.74, 6) is 0.748. The summed E-state index contributed by atoms with van der Waals surface area (Å²) in [7, 11) is 1.57. The fourth-order valence-electron chi connectivity index (χ4n) is 1.58. The van der Waals surface area contributed by atoms with Gasteiger partial charge in [-0.2, -0.15) is 5.26 Å². The first-order chi connectivity index (χ1) is 8.26. The smallest absolute Gasteiger partial charge is 0.130 e. The minimum atomic E-state index is -0.497. The van der Waals surface area contributed by atoms with Crippen LogP contribution in [0.1, 0.15) is 17.3 Å². The first-order valence-corrected chi connectivity index (χ1v) is 5.36. The third-order valence-electron chi connectivity index (χ3n) is 2.44. The Morgan fingerprint density at radius 2 is 2.35 bits per heavy atom. The summed E-state index contributed by atoms with van der Waals surface area (Å²) in [6, 6.07) is 7.41. The Labute approximate surface area is 104 Å². The number of nitrogens with one attached hydrogen (secondary N) is 1. The predicted octanol–water partition coefficient (Wildman–Crippen LogP) is 2.73. The van der Waals surface area contributed by atoms with Gasteiger partial charge in [0.1, 0.15) is 17.5 Å². The maximum Gasteiger partial charge on any atom is 0.130 e. The number of hydrogen-bond acceptors (Lipinski definition) is 3. The molecule has 1 heterocycles. The van der Waals surface area contributed by atoms with Gasteiger partial charge in [0.15, 0.2) is 0 Å². The Kier molecular flexibility index (Phi) is 3.31. The average Bonchev–Trinajstić information content (AvgIpc) is 2.85. The van der Waals surface area contributed by atoms with Crippen molar-refractivity contribution >= 4 is 11.6 Å². The fraction of sp³-hybridized carbons (Fsp3) is 0.167. The number of nitriles is 1. The third kappa shape index (κ3) is 2.24. The minimum Gasteiger partial charge on any atom is -0.497 e. The fourth-order valence-corrected chi connectivity index (χ4v) is 1.86. The molecule has 86 valence electrons. The highest BCUT2D eigenvalue weighted by atomic mass is 35.5. The van der Waals surface area contributed by atoms with Crippen molar-refractivity contribution in [1.29, 1.82) is 5.26 Å². The lowest BCUT2D eigenvalue weighted by atomic mass is 10.00. The van der Waals surface area contributed by atoms with E-state index in [9.17, 15) is 5.26 Å². The molecular formula is C12H10ClN3O. The maximum absolute atomic E-state index is 9.20. The number of H-pyrrole nitrogens is 1. The van der Waals surface area contributed by atoms with Crippen molar-refractivity contribution < 1.29 is 4.74 Å². The van der Waals surface area contributed by atoms with E-state index in [0.29, 0.717) is 22.2 Å². The lowest BCUT2D eigenvalue weighted by Gasteiger charge is -2.10. The number of benzene rings is 1. The van der Waals surface area contributed by atoms with Gasteiger partial charge in [0.2, 0.25) is 0 Å². The number of methoxy groups -OCH3 is 1. The molecule has 0 saturated heterocycles. The molecule has 0 fully saturated rings. The highest BCUT2D eigenvalue weighted by Crippen LogP contribution is 2.30. The van der Waals surface area contributed by atoms with Crippen LogP contribution < -0.4 is 4.74 Å². The van der Waals surface area contributed by atoms with E-state index < -0.39 is 5.92 Å². The largest absolute Gasteiger partial charge is 0.497 e. The SMILES string of the molecule is COc1ccc(C(C#N)c2ncc[nH]2)c(Cl)c1. The number of nitrogens with zero attached hydrogens (tertiary/aromatic N) is 2. The molecule has 2 rings (SSSR count). The molecule has 0 aliphatic rings. The minimum absolute atomic E-state index is 0.493. The molecule has 17 heavy (non-hydrogen) atoms. The van der Waals surface area contributed by atoms with Crippen LogP contribution in [0, 0.1) is 11.3 Å². The van der Waals surface area contributed by atoms with Crippen LogP contribution in [0.25, 0.3) is 0 Å². The number of rotatable bonds is 3. The van der Waals surface area contributed by atoms with Crippen LogP contribution in [0.15, 0.2) is 30.6 Å². The Morgan fingerprint density at radius 1 is 1.53 bits per heavy atom. The van der Waals surface area contributed by atoms with Crippen molar-refractivity contribution in [2.75, 3.05) is 7.11 Å². The zero-order valence-electron chi connectivity index (χ0n) is 9.14. The van der Waals surface area contributed by atoms with Gasteiger partial charge >= 0.3 is 0 Å². The van der Waals surface area contributed by atoms with E-state index >= 15 is 0 Å². The second-order valence-corrected chi connectivity index (χ2v) is 3.83. The van der Waals surface area contributed by atoms with Gasteiger partial charge < -0.3 is 9.72 Å². The molecule has 0 aliphatic carbocycles. The van der Waals surface area contributed by atoms with Crippen LogP contribution in [-0.2, 0) is 0 Å². The van der Waals surface area contributed by atoms with Gasteiger partial charge in [0.25, 0.3) is 0 Å². The lowest BCUT2D eigenvalue weighted by Crippen LogP contribution is -2.01. The number of hydrogen-bond donors (Lipinski definition) is 1. The first-order valence-electron chi connectivity index (χ1n) is 4.98. The average molecular weight is 248 g/mol. The van der Waals surface area contributed by atoms with Crippen LogP contribution in [0.4, 0.5) is 0 Å². The van der Waals surface area contributed by atoms with Crippen LogP contribution in [0.3, 0.4) is 0 Å². The van der Waals surface area contributed by atoms with E-state index in [1.807, 2.05) is 0 Å². The molecule has 4 nitrogen and oxygen atoms in total. The summed E-state index contributed by atoms with van der Waals surface area (Å²) in [5, 5.41) is 9.70. The van der Waals surface area contributed by atoms with Crippen molar-refractivity contribution in [3.8, 4) is 11.8 Å².